The Morgan fingerprint density at radius 3 is 2.88 bits per heavy atom. The molecule has 2 aromatic carbocycles. The van der Waals surface area contributed by atoms with Crippen molar-refractivity contribution in [2.75, 3.05) is 18.5 Å². The molecule has 0 aromatic heterocycles. The molecule has 0 bridgehead atoms. The van der Waals surface area contributed by atoms with Crippen molar-refractivity contribution in [1.29, 1.82) is 0 Å². The van der Waals surface area contributed by atoms with E-state index in [-0.39, 0.29) is 11.2 Å². The van der Waals surface area contributed by atoms with Gasteiger partial charge in [0.05, 0.1) is 10.3 Å². The molecule has 2 aromatic rings. The molecule has 132 valence electrons. The molecule has 3 rings (SSSR count). The number of thioether (sulfide) groups is 1. The third-order valence-corrected chi connectivity index (χ3v) is 5.31. The number of hydrogen-bond acceptors (Lipinski definition) is 4. The summed E-state index contributed by atoms with van der Waals surface area (Å²) in [6, 6.07) is 11.6. The van der Waals surface area contributed by atoms with Gasteiger partial charge in [0, 0.05) is 11.4 Å². The van der Waals surface area contributed by atoms with Crippen LogP contribution in [0.1, 0.15) is 18.1 Å². The Labute approximate surface area is 156 Å². The molecule has 1 atom stereocenters. The van der Waals surface area contributed by atoms with E-state index >= 15 is 0 Å². The highest BCUT2D eigenvalue weighted by atomic mass is 35.5. The van der Waals surface area contributed by atoms with Crippen molar-refractivity contribution in [2.24, 2.45) is 0 Å². The lowest BCUT2D eigenvalue weighted by Crippen LogP contribution is -2.22. The van der Waals surface area contributed by atoms with Crippen LogP contribution in [0.3, 0.4) is 0 Å². The van der Waals surface area contributed by atoms with Crippen molar-refractivity contribution >= 4 is 35.0 Å². The van der Waals surface area contributed by atoms with Crippen molar-refractivity contribution in [3.63, 3.8) is 0 Å². The van der Waals surface area contributed by atoms with Gasteiger partial charge in [0.2, 0.25) is 5.91 Å². The number of fused-ring (bicyclic) bond motifs is 1. The highest BCUT2D eigenvalue weighted by Crippen LogP contribution is 2.39. The predicted octanol–water partition coefficient (Wildman–Crippen LogP) is 4.68. The molecule has 25 heavy (non-hydrogen) atoms. The summed E-state index contributed by atoms with van der Waals surface area (Å²) in [5.41, 5.74) is 2.94. The number of carbonyl (C=O) groups is 1. The van der Waals surface area contributed by atoms with E-state index in [1.54, 1.807) is 11.8 Å². The van der Waals surface area contributed by atoms with Crippen molar-refractivity contribution in [2.45, 2.75) is 24.9 Å². The largest absolute Gasteiger partial charge is 0.486 e. The van der Waals surface area contributed by atoms with Crippen molar-refractivity contribution < 1.29 is 14.3 Å². The third kappa shape index (κ3) is 4.61. The van der Waals surface area contributed by atoms with Gasteiger partial charge in [-0.05, 0) is 49.2 Å². The van der Waals surface area contributed by atoms with Crippen LogP contribution in [0.25, 0.3) is 0 Å². The molecule has 1 aliphatic rings. The number of anilines is 1. The zero-order valence-electron chi connectivity index (χ0n) is 14.2. The van der Waals surface area contributed by atoms with Gasteiger partial charge < -0.3 is 14.8 Å². The number of nitrogens with one attached hydrogen (secondary N) is 1. The second kappa shape index (κ2) is 8.02. The Morgan fingerprint density at radius 1 is 1.28 bits per heavy atom. The van der Waals surface area contributed by atoms with E-state index in [0.717, 1.165) is 16.8 Å². The van der Waals surface area contributed by atoms with Crippen molar-refractivity contribution in [3.05, 3.63) is 52.5 Å². The summed E-state index contributed by atoms with van der Waals surface area (Å²) in [5, 5.41) is 3.31. The fourth-order valence-electron chi connectivity index (χ4n) is 2.51. The Balaban J connectivity index is 1.59. The molecule has 0 aliphatic carbocycles. The average Bonchev–Trinajstić information content (AvgIpc) is 2.59. The van der Waals surface area contributed by atoms with Gasteiger partial charge in [0.25, 0.3) is 0 Å². The van der Waals surface area contributed by atoms with Gasteiger partial charge in [-0.15, -0.1) is 11.8 Å². The first kappa shape index (κ1) is 18.0. The molecular formula is C19H20ClNO3S. The molecular weight excluding hydrogens is 358 g/mol. The molecule has 1 N–H and O–H groups in total. The predicted molar refractivity (Wildman–Crippen MR) is 103 cm³/mol. The highest BCUT2D eigenvalue weighted by Gasteiger charge is 2.18. The van der Waals surface area contributed by atoms with Crippen LogP contribution in [0.4, 0.5) is 5.69 Å². The van der Waals surface area contributed by atoms with Crippen LogP contribution < -0.4 is 14.8 Å². The van der Waals surface area contributed by atoms with E-state index in [2.05, 4.69) is 5.32 Å². The van der Waals surface area contributed by atoms with Crippen molar-refractivity contribution in [1.82, 2.24) is 0 Å². The summed E-state index contributed by atoms with van der Waals surface area (Å²) in [6.45, 7) is 4.93. The first-order valence-electron chi connectivity index (χ1n) is 8.10. The van der Waals surface area contributed by atoms with E-state index < -0.39 is 0 Å². The van der Waals surface area contributed by atoms with Crippen LogP contribution in [0.15, 0.2) is 36.4 Å². The van der Waals surface area contributed by atoms with Crippen LogP contribution in [-0.4, -0.2) is 24.4 Å². The van der Waals surface area contributed by atoms with Gasteiger partial charge in [-0.2, -0.15) is 0 Å². The van der Waals surface area contributed by atoms with E-state index in [1.807, 2.05) is 50.2 Å². The Bertz CT molecular complexity index is 781. The lowest BCUT2D eigenvalue weighted by Gasteiger charge is -2.20. The molecule has 1 heterocycles. The molecule has 6 heteroatoms. The lowest BCUT2D eigenvalue weighted by molar-refractivity contribution is -0.115. The quantitative estimate of drug-likeness (QED) is 0.821. The van der Waals surface area contributed by atoms with Gasteiger partial charge in [-0.1, -0.05) is 23.7 Å². The van der Waals surface area contributed by atoms with Crippen molar-refractivity contribution in [3.8, 4) is 11.5 Å². The first-order chi connectivity index (χ1) is 12.0. The summed E-state index contributed by atoms with van der Waals surface area (Å²) in [4.78, 5) is 12.3. The normalized spacial score (nSPS) is 14.0. The number of ether oxygens (including phenoxy) is 2. The number of benzene rings is 2. The van der Waals surface area contributed by atoms with E-state index in [4.69, 9.17) is 21.1 Å². The monoisotopic (exact) mass is 377 g/mol. The van der Waals surface area contributed by atoms with Crippen LogP contribution in [0.2, 0.25) is 5.02 Å². The Hall–Kier alpha value is -1.85. The lowest BCUT2D eigenvalue weighted by atomic mass is 10.2. The van der Waals surface area contributed by atoms with Crippen LogP contribution in [0.5, 0.6) is 11.5 Å². The molecule has 0 spiro atoms. The molecule has 1 aliphatic heterocycles. The molecule has 4 nitrogen and oxygen atoms in total. The second-order valence-corrected chi connectivity index (χ2v) is 7.65. The van der Waals surface area contributed by atoms with Crippen LogP contribution in [-0.2, 0) is 10.5 Å². The SMILES string of the molecule is Cc1cccc(NC(=O)C(C)SCc2cc(Cl)c3c(c2)OCCO3)c1. The summed E-state index contributed by atoms with van der Waals surface area (Å²) in [7, 11) is 0. The summed E-state index contributed by atoms with van der Waals surface area (Å²) in [5.74, 6) is 1.93. The zero-order chi connectivity index (χ0) is 17.8. The minimum Gasteiger partial charge on any atom is -0.486 e. The molecule has 0 radical (unpaired) electrons. The maximum absolute atomic E-state index is 12.3. The minimum atomic E-state index is -0.188. The van der Waals surface area contributed by atoms with Crippen LogP contribution in [0, 0.1) is 6.92 Å². The maximum Gasteiger partial charge on any atom is 0.237 e. The molecule has 0 saturated heterocycles. The average molecular weight is 378 g/mol. The first-order valence-corrected chi connectivity index (χ1v) is 9.53. The molecule has 0 fully saturated rings. The third-order valence-electron chi connectivity index (χ3n) is 3.81. The number of carbonyl (C=O) groups excluding carboxylic acids is 1. The Kier molecular flexibility index (Phi) is 5.76. The van der Waals surface area contributed by atoms with E-state index in [1.165, 1.54) is 0 Å². The van der Waals surface area contributed by atoms with Crippen LogP contribution >= 0.6 is 23.4 Å². The summed E-state index contributed by atoms with van der Waals surface area (Å²) < 4.78 is 11.1. The van der Waals surface area contributed by atoms with Gasteiger partial charge in [0.15, 0.2) is 11.5 Å². The Morgan fingerprint density at radius 2 is 2.08 bits per heavy atom. The number of hydrogen-bond donors (Lipinski definition) is 1. The van der Waals surface area contributed by atoms with Gasteiger partial charge in [-0.25, -0.2) is 0 Å². The second-order valence-electron chi connectivity index (χ2n) is 5.91. The van der Waals surface area contributed by atoms with Gasteiger partial charge in [-0.3, -0.25) is 4.79 Å². The topological polar surface area (TPSA) is 47.6 Å². The minimum absolute atomic E-state index is 0.0146. The van der Waals surface area contributed by atoms with E-state index in [9.17, 15) is 4.79 Å². The summed E-state index contributed by atoms with van der Waals surface area (Å²) in [6.07, 6.45) is 0. The fourth-order valence-corrected chi connectivity index (χ4v) is 3.62. The number of amides is 1. The molecule has 1 unspecified atom stereocenters. The molecule has 0 saturated carbocycles. The fraction of sp³-hybridized carbons (Fsp3) is 0.316. The highest BCUT2D eigenvalue weighted by molar-refractivity contribution is 7.99. The maximum atomic E-state index is 12.3. The smallest absolute Gasteiger partial charge is 0.237 e. The van der Waals surface area contributed by atoms with Gasteiger partial charge >= 0.3 is 0 Å². The summed E-state index contributed by atoms with van der Waals surface area (Å²) >= 11 is 7.81. The standard InChI is InChI=1S/C19H20ClNO3S/c1-12-4-3-5-15(8-12)21-19(22)13(2)25-11-14-9-16(20)18-17(10-14)23-6-7-24-18/h3-5,8-10,13H,6-7,11H2,1-2H3,(H,21,22). The zero-order valence-corrected chi connectivity index (χ0v) is 15.7. The number of aryl methyl sites for hydroxylation is 1. The molecule has 1 amide bonds. The number of halogens is 1. The van der Waals surface area contributed by atoms with Gasteiger partial charge in [0.1, 0.15) is 13.2 Å². The number of rotatable bonds is 5. The van der Waals surface area contributed by atoms with E-state index in [0.29, 0.717) is 35.5 Å².